The van der Waals surface area contributed by atoms with Crippen LogP contribution in [0.5, 0.6) is 0 Å². The molecule has 2 N–H and O–H groups in total. The summed E-state index contributed by atoms with van der Waals surface area (Å²) in [6, 6.07) is 0. The summed E-state index contributed by atoms with van der Waals surface area (Å²) in [5, 5.41) is 11.6. The lowest BCUT2D eigenvalue weighted by Gasteiger charge is -2.13. The van der Waals surface area contributed by atoms with E-state index in [9.17, 15) is 4.79 Å². The van der Waals surface area contributed by atoms with Gasteiger partial charge in [-0.05, 0) is 30.3 Å². The van der Waals surface area contributed by atoms with Crippen molar-refractivity contribution in [2.75, 3.05) is 24.7 Å². The monoisotopic (exact) mass is 229 g/mol. The van der Waals surface area contributed by atoms with Gasteiger partial charge in [0.15, 0.2) is 0 Å². The molecule has 15 heavy (non-hydrogen) atoms. The Hall–Kier alpha value is -0.480. The highest BCUT2D eigenvalue weighted by molar-refractivity contribution is 7.99. The molecule has 1 unspecified atom stereocenters. The van der Waals surface area contributed by atoms with E-state index in [-0.39, 0.29) is 18.4 Å². The Balaban J connectivity index is 2.27. The highest BCUT2D eigenvalue weighted by Crippen LogP contribution is 2.21. The summed E-state index contributed by atoms with van der Waals surface area (Å²) < 4.78 is 0. The van der Waals surface area contributed by atoms with Crippen molar-refractivity contribution in [2.24, 2.45) is 5.92 Å². The molecule has 1 heterocycles. The first kappa shape index (κ1) is 12.6. The van der Waals surface area contributed by atoms with E-state index in [0.29, 0.717) is 6.54 Å². The summed E-state index contributed by atoms with van der Waals surface area (Å²) in [5.74, 6) is 2.38. The van der Waals surface area contributed by atoms with Gasteiger partial charge in [-0.2, -0.15) is 11.8 Å². The maximum Gasteiger partial charge on any atom is 0.243 e. The maximum atomic E-state index is 11.5. The lowest BCUT2D eigenvalue weighted by atomic mass is 10.1. The SMILES string of the molecule is CC(CO)CNC(=O)C=C1CCSCC1. The fourth-order valence-corrected chi connectivity index (χ4v) is 2.37. The molecule has 1 saturated heterocycles. The van der Waals surface area contributed by atoms with E-state index < -0.39 is 0 Å². The molecule has 1 fully saturated rings. The quantitative estimate of drug-likeness (QED) is 0.712. The summed E-state index contributed by atoms with van der Waals surface area (Å²) in [6.45, 7) is 2.58. The number of hydrogen-bond acceptors (Lipinski definition) is 3. The van der Waals surface area contributed by atoms with E-state index >= 15 is 0 Å². The summed E-state index contributed by atoms with van der Waals surface area (Å²) in [4.78, 5) is 11.5. The van der Waals surface area contributed by atoms with Crippen molar-refractivity contribution in [3.05, 3.63) is 11.6 Å². The van der Waals surface area contributed by atoms with Crippen LogP contribution in [0, 0.1) is 5.92 Å². The van der Waals surface area contributed by atoms with Gasteiger partial charge in [-0.1, -0.05) is 12.5 Å². The van der Waals surface area contributed by atoms with Gasteiger partial charge in [0, 0.05) is 19.2 Å². The molecule has 86 valence electrons. The summed E-state index contributed by atoms with van der Waals surface area (Å²) in [6.07, 6.45) is 3.80. The van der Waals surface area contributed by atoms with Crippen LogP contribution in [0.3, 0.4) is 0 Å². The number of thioether (sulfide) groups is 1. The number of aliphatic hydroxyl groups is 1. The van der Waals surface area contributed by atoms with Gasteiger partial charge in [0.2, 0.25) is 5.91 Å². The van der Waals surface area contributed by atoms with Crippen LogP contribution in [0.2, 0.25) is 0 Å². The van der Waals surface area contributed by atoms with Crippen molar-refractivity contribution in [3.63, 3.8) is 0 Å². The molecular weight excluding hydrogens is 210 g/mol. The van der Waals surface area contributed by atoms with Gasteiger partial charge in [-0.15, -0.1) is 0 Å². The third-order valence-corrected chi connectivity index (χ3v) is 3.39. The zero-order valence-corrected chi connectivity index (χ0v) is 9.98. The number of carbonyl (C=O) groups excluding carboxylic acids is 1. The van der Waals surface area contributed by atoms with Crippen LogP contribution in [0.25, 0.3) is 0 Å². The molecule has 4 heteroatoms. The Morgan fingerprint density at radius 2 is 2.27 bits per heavy atom. The average molecular weight is 229 g/mol. The molecule has 0 radical (unpaired) electrons. The summed E-state index contributed by atoms with van der Waals surface area (Å²) in [5.41, 5.74) is 1.25. The second kappa shape index (κ2) is 6.90. The molecule has 1 rings (SSSR count). The van der Waals surface area contributed by atoms with Crippen LogP contribution < -0.4 is 5.32 Å². The molecule has 0 spiro atoms. The number of nitrogens with one attached hydrogen (secondary N) is 1. The van der Waals surface area contributed by atoms with Crippen molar-refractivity contribution >= 4 is 17.7 Å². The van der Waals surface area contributed by atoms with Crippen molar-refractivity contribution in [1.82, 2.24) is 5.32 Å². The van der Waals surface area contributed by atoms with Gasteiger partial charge in [0.1, 0.15) is 0 Å². The molecule has 0 aromatic rings. The van der Waals surface area contributed by atoms with E-state index in [0.717, 1.165) is 24.3 Å². The molecule has 0 aromatic heterocycles. The largest absolute Gasteiger partial charge is 0.396 e. The first-order chi connectivity index (χ1) is 7.22. The van der Waals surface area contributed by atoms with E-state index in [1.165, 1.54) is 5.57 Å². The molecule has 0 saturated carbocycles. The van der Waals surface area contributed by atoms with Crippen molar-refractivity contribution in [3.8, 4) is 0 Å². The number of hydrogen-bond donors (Lipinski definition) is 2. The average Bonchev–Trinajstić information content (AvgIpc) is 2.27. The molecule has 1 aliphatic rings. The normalized spacial score (nSPS) is 18.4. The molecule has 0 aliphatic carbocycles. The number of rotatable bonds is 4. The molecule has 1 aliphatic heterocycles. The minimum atomic E-state index is -0.0165. The van der Waals surface area contributed by atoms with Gasteiger partial charge < -0.3 is 10.4 Å². The highest BCUT2D eigenvalue weighted by Gasteiger charge is 2.08. The Kier molecular flexibility index (Phi) is 5.79. The standard InChI is InChI=1S/C11H19NO2S/c1-9(8-13)7-12-11(14)6-10-2-4-15-5-3-10/h6,9,13H,2-5,7-8H2,1H3,(H,12,14). The minimum Gasteiger partial charge on any atom is -0.396 e. The molecule has 1 amide bonds. The molecule has 1 atom stereocenters. The molecular formula is C11H19NO2S. The molecule has 3 nitrogen and oxygen atoms in total. The Labute approximate surface area is 95.3 Å². The third-order valence-electron chi connectivity index (χ3n) is 2.41. The first-order valence-electron chi connectivity index (χ1n) is 5.38. The van der Waals surface area contributed by atoms with E-state index in [1.54, 1.807) is 6.08 Å². The highest BCUT2D eigenvalue weighted by atomic mass is 32.2. The minimum absolute atomic E-state index is 0.0165. The van der Waals surface area contributed by atoms with Crippen LogP contribution in [0.4, 0.5) is 0 Å². The van der Waals surface area contributed by atoms with Crippen molar-refractivity contribution in [2.45, 2.75) is 19.8 Å². The van der Waals surface area contributed by atoms with Gasteiger partial charge >= 0.3 is 0 Å². The van der Waals surface area contributed by atoms with Gasteiger partial charge in [0.25, 0.3) is 0 Å². The fraction of sp³-hybridized carbons (Fsp3) is 0.727. The fourth-order valence-electron chi connectivity index (χ4n) is 1.35. The summed E-state index contributed by atoms with van der Waals surface area (Å²) >= 11 is 1.94. The third kappa shape index (κ3) is 5.23. The zero-order chi connectivity index (χ0) is 11.1. The van der Waals surface area contributed by atoms with Crippen LogP contribution in [-0.4, -0.2) is 35.7 Å². The topological polar surface area (TPSA) is 49.3 Å². The zero-order valence-electron chi connectivity index (χ0n) is 9.16. The van der Waals surface area contributed by atoms with Crippen LogP contribution in [0.1, 0.15) is 19.8 Å². The Morgan fingerprint density at radius 1 is 1.60 bits per heavy atom. The van der Waals surface area contributed by atoms with Crippen LogP contribution in [-0.2, 0) is 4.79 Å². The second-order valence-electron chi connectivity index (χ2n) is 3.95. The number of aliphatic hydroxyl groups excluding tert-OH is 1. The summed E-state index contributed by atoms with van der Waals surface area (Å²) in [7, 11) is 0. The second-order valence-corrected chi connectivity index (χ2v) is 5.17. The number of allylic oxidation sites excluding steroid dienone is 1. The predicted molar refractivity (Wildman–Crippen MR) is 63.9 cm³/mol. The Morgan fingerprint density at radius 3 is 2.87 bits per heavy atom. The Bertz CT molecular complexity index is 233. The molecule has 0 bridgehead atoms. The van der Waals surface area contributed by atoms with Crippen molar-refractivity contribution in [1.29, 1.82) is 0 Å². The van der Waals surface area contributed by atoms with Crippen LogP contribution >= 0.6 is 11.8 Å². The van der Waals surface area contributed by atoms with Gasteiger partial charge in [-0.3, -0.25) is 4.79 Å². The van der Waals surface area contributed by atoms with E-state index in [2.05, 4.69) is 5.32 Å². The number of carbonyl (C=O) groups is 1. The van der Waals surface area contributed by atoms with Gasteiger partial charge in [-0.25, -0.2) is 0 Å². The maximum absolute atomic E-state index is 11.5. The lowest BCUT2D eigenvalue weighted by molar-refractivity contribution is -0.116. The van der Waals surface area contributed by atoms with Gasteiger partial charge in [0.05, 0.1) is 0 Å². The molecule has 0 aromatic carbocycles. The lowest BCUT2D eigenvalue weighted by Crippen LogP contribution is -2.28. The van der Waals surface area contributed by atoms with E-state index in [1.807, 2.05) is 18.7 Å². The van der Waals surface area contributed by atoms with Crippen LogP contribution in [0.15, 0.2) is 11.6 Å². The number of amides is 1. The smallest absolute Gasteiger partial charge is 0.243 e. The predicted octanol–water partition coefficient (Wildman–Crippen LogP) is 1.18. The van der Waals surface area contributed by atoms with E-state index in [4.69, 9.17) is 5.11 Å². The first-order valence-corrected chi connectivity index (χ1v) is 6.53. The van der Waals surface area contributed by atoms with Crippen molar-refractivity contribution < 1.29 is 9.90 Å².